The van der Waals surface area contributed by atoms with Crippen molar-refractivity contribution in [1.29, 1.82) is 0 Å². The number of thiophene rings is 1. The van der Waals surface area contributed by atoms with Gasteiger partial charge in [0.15, 0.2) is 11.5 Å². The van der Waals surface area contributed by atoms with Crippen molar-refractivity contribution in [3.05, 3.63) is 56.7 Å². The molecule has 0 unspecified atom stereocenters. The normalized spacial score (nSPS) is 15.0. The van der Waals surface area contributed by atoms with E-state index >= 15 is 0 Å². The molecule has 1 aromatic heterocycles. The maximum atomic E-state index is 12.7. The van der Waals surface area contributed by atoms with Gasteiger partial charge in [-0.15, -0.1) is 11.3 Å². The lowest BCUT2D eigenvalue weighted by molar-refractivity contribution is -0.116. The number of carbonyl (C=O) groups excluding carboxylic acids is 1. The van der Waals surface area contributed by atoms with Crippen molar-refractivity contribution in [1.82, 2.24) is 0 Å². The second kappa shape index (κ2) is 8.72. The van der Waals surface area contributed by atoms with Gasteiger partial charge in [-0.3, -0.25) is 4.79 Å². The lowest BCUT2D eigenvalue weighted by Crippen LogP contribution is -2.23. The first kappa shape index (κ1) is 22.0. The maximum absolute atomic E-state index is 12.7. The van der Waals surface area contributed by atoms with Crippen LogP contribution in [0, 0.1) is 0 Å². The molecule has 4 rings (SSSR count). The van der Waals surface area contributed by atoms with Gasteiger partial charge in [0.25, 0.3) is 0 Å². The Bertz CT molecular complexity index is 1200. The average molecular weight is 474 g/mol. The lowest BCUT2D eigenvalue weighted by atomic mass is 9.88. The number of amides is 1. The van der Waals surface area contributed by atoms with Gasteiger partial charge >= 0.3 is 5.97 Å². The second-order valence-electron chi connectivity index (χ2n) is 7.11. The quantitative estimate of drug-likeness (QED) is 0.506. The van der Waals surface area contributed by atoms with Crippen LogP contribution in [0.5, 0.6) is 17.2 Å². The van der Waals surface area contributed by atoms with Gasteiger partial charge in [-0.2, -0.15) is 0 Å². The second-order valence-corrected chi connectivity index (χ2v) is 8.60. The molecule has 0 radical (unpaired) electrons. The number of aromatic carboxylic acids is 1. The summed E-state index contributed by atoms with van der Waals surface area (Å²) in [6.45, 7) is 0. The van der Waals surface area contributed by atoms with Crippen LogP contribution < -0.4 is 19.5 Å². The Kier molecular flexibility index (Phi) is 5.99. The summed E-state index contributed by atoms with van der Waals surface area (Å²) in [5.41, 5.74) is 2.33. The topological polar surface area (TPSA) is 94.1 Å². The van der Waals surface area contributed by atoms with Crippen LogP contribution in [-0.2, 0) is 4.79 Å². The molecule has 32 heavy (non-hydrogen) atoms. The molecule has 1 atom stereocenters. The fourth-order valence-electron chi connectivity index (χ4n) is 3.91. The van der Waals surface area contributed by atoms with Crippen molar-refractivity contribution in [2.45, 2.75) is 12.3 Å². The van der Waals surface area contributed by atoms with E-state index in [4.69, 9.17) is 25.8 Å². The largest absolute Gasteiger partial charge is 0.496 e. The molecule has 0 aliphatic carbocycles. The highest BCUT2D eigenvalue weighted by atomic mass is 35.5. The Morgan fingerprint density at radius 2 is 1.69 bits per heavy atom. The van der Waals surface area contributed by atoms with Gasteiger partial charge < -0.3 is 24.6 Å². The third kappa shape index (κ3) is 3.76. The highest BCUT2D eigenvalue weighted by Crippen LogP contribution is 2.52. The number of carboxylic acid groups (broad SMARTS) is 1. The van der Waals surface area contributed by atoms with E-state index in [1.54, 1.807) is 36.4 Å². The van der Waals surface area contributed by atoms with Crippen LogP contribution in [0.4, 0.5) is 5.69 Å². The number of hydrogen-bond acceptors (Lipinski definition) is 6. The third-order valence-electron chi connectivity index (χ3n) is 5.34. The fraction of sp³-hybridized carbons (Fsp3) is 0.217. The van der Waals surface area contributed by atoms with Crippen molar-refractivity contribution in [2.24, 2.45) is 0 Å². The summed E-state index contributed by atoms with van der Waals surface area (Å²) in [7, 11) is 4.59. The third-order valence-corrected chi connectivity index (χ3v) is 6.89. The molecule has 0 bridgehead atoms. The monoisotopic (exact) mass is 473 g/mol. The molecule has 2 N–H and O–H groups in total. The molecule has 0 fully saturated rings. The van der Waals surface area contributed by atoms with E-state index in [1.165, 1.54) is 21.3 Å². The molecule has 166 valence electrons. The van der Waals surface area contributed by atoms with Gasteiger partial charge in [0.2, 0.25) is 5.91 Å². The van der Waals surface area contributed by atoms with Crippen LogP contribution in [0.1, 0.15) is 32.5 Å². The number of hydrogen-bond donors (Lipinski definition) is 2. The van der Waals surface area contributed by atoms with E-state index in [0.717, 1.165) is 16.2 Å². The van der Waals surface area contributed by atoms with Crippen molar-refractivity contribution in [3.63, 3.8) is 0 Å². The lowest BCUT2D eigenvalue weighted by Gasteiger charge is -2.26. The summed E-state index contributed by atoms with van der Waals surface area (Å²) in [4.78, 5) is 25.7. The summed E-state index contributed by atoms with van der Waals surface area (Å²) < 4.78 is 16.4. The van der Waals surface area contributed by atoms with E-state index in [9.17, 15) is 14.7 Å². The molecule has 2 aromatic carbocycles. The number of rotatable bonds is 6. The molecule has 1 aliphatic rings. The molecule has 0 saturated heterocycles. The molecule has 7 nitrogen and oxygen atoms in total. The zero-order valence-electron chi connectivity index (χ0n) is 17.5. The Hall–Kier alpha value is -3.23. The molecule has 9 heteroatoms. The van der Waals surface area contributed by atoms with E-state index in [2.05, 4.69) is 5.32 Å². The molecule has 1 amide bonds. The number of benzene rings is 2. The molecule has 2 heterocycles. The molecule has 0 saturated carbocycles. The smallest absolute Gasteiger partial charge is 0.346 e. The Morgan fingerprint density at radius 1 is 1.06 bits per heavy atom. The van der Waals surface area contributed by atoms with Gasteiger partial charge in [-0.05, 0) is 23.8 Å². The minimum Gasteiger partial charge on any atom is -0.496 e. The van der Waals surface area contributed by atoms with Gasteiger partial charge in [0, 0.05) is 39.4 Å². The number of halogens is 1. The number of fused-ring (bicyclic) bond motifs is 1. The van der Waals surface area contributed by atoms with Gasteiger partial charge in [0.05, 0.1) is 27.0 Å². The molecule has 0 spiro atoms. The number of nitrogens with one attached hydrogen (secondary N) is 1. The fourth-order valence-corrected chi connectivity index (χ4v) is 5.27. The van der Waals surface area contributed by atoms with Crippen LogP contribution in [0.25, 0.3) is 11.1 Å². The number of carboxylic acids is 1. The predicted molar refractivity (Wildman–Crippen MR) is 123 cm³/mol. The molecule has 3 aromatic rings. The summed E-state index contributed by atoms with van der Waals surface area (Å²) in [5.74, 6) is -0.202. The summed E-state index contributed by atoms with van der Waals surface area (Å²) in [5, 5.41) is 13.3. The number of anilines is 1. The SMILES string of the molecule is COc1cc(OC)c([C@H]2CC(=O)Nc3c2sc(C(=O)O)c3-c2ccc(Cl)cc2)cc1OC. The Balaban J connectivity index is 1.95. The van der Waals surface area contributed by atoms with E-state index in [1.807, 2.05) is 0 Å². The molecular weight excluding hydrogens is 454 g/mol. The van der Waals surface area contributed by atoms with Crippen LogP contribution in [0.3, 0.4) is 0 Å². The first-order chi connectivity index (χ1) is 15.4. The van der Waals surface area contributed by atoms with Gasteiger partial charge in [0.1, 0.15) is 10.6 Å². The zero-order chi connectivity index (χ0) is 23.0. The Morgan fingerprint density at radius 3 is 2.28 bits per heavy atom. The van der Waals surface area contributed by atoms with E-state index in [0.29, 0.717) is 44.6 Å². The summed E-state index contributed by atoms with van der Waals surface area (Å²) in [6.07, 6.45) is 0.137. The zero-order valence-corrected chi connectivity index (χ0v) is 19.1. The van der Waals surface area contributed by atoms with E-state index in [-0.39, 0.29) is 17.2 Å². The van der Waals surface area contributed by atoms with Crippen molar-refractivity contribution in [3.8, 4) is 28.4 Å². The molecular formula is C23H20ClNO6S. The Labute approximate surface area is 193 Å². The average Bonchev–Trinajstić information content (AvgIpc) is 3.17. The van der Waals surface area contributed by atoms with E-state index < -0.39 is 11.9 Å². The van der Waals surface area contributed by atoms with Crippen LogP contribution >= 0.6 is 22.9 Å². The van der Waals surface area contributed by atoms with Crippen molar-refractivity contribution < 1.29 is 28.9 Å². The maximum Gasteiger partial charge on any atom is 0.346 e. The van der Waals surface area contributed by atoms with Gasteiger partial charge in [-0.1, -0.05) is 23.7 Å². The first-order valence-corrected chi connectivity index (χ1v) is 10.8. The van der Waals surface area contributed by atoms with Crippen molar-refractivity contribution >= 4 is 40.5 Å². The minimum atomic E-state index is -1.07. The summed E-state index contributed by atoms with van der Waals surface area (Å²) >= 11 is 7.15. The van der Waals surface area contributed by atoms with Crippen molar-refractivity contribution in [2.75, 3.05) is 26.6 Å². The van der Waals surface area contributed by atoms with Gasteiger partial charge in [-0.25, -0.2) is 4.79 Å². The standard InChI is InChI=1S/C23H20ClNO6S/c1-29-15-10-17(31-3)16(30-2)8-13(15)14-9-18(26)25-20-19(11-4-6-12(24)7-5-11)22(23(27)28)32-21(14)20/h4-8,10,14H,9H2,1-3H3,(H,25,26)(H,27,28)/t14-/m1/s1. The highest BCUT2D eigenvalue weighted by molar-refractivity contribution is 7.15. The van der Waals surface area contributed by atoms with Crippen LogP contribution in [-0.4, -0.2) is 38.3 Å². The number of ether oxygens (including phenoxy) is 3. The first-order valence-electron chi connectivity index (χ1n) is 9.63. The van der Waals surface area contributed by atoms with Crippen LogP contribution in [0.15, 0.2) is 36.4 Å². The number of methoxy groups -OCH3 is 3. The predicted octanol–water partition coefficient (Wildman–Crippen LogP) is 5.27. The highest BCUT2D eigenvalue weighted by Gasteiger charge is 2.36. The molecule has 1 aliphatic heterocycles. The van der Waals surface area contributed by atoms with Crippen LogP contribution in [0.2, 0.25) is 5.02 Å². The minimum absolute atomic E-state index is 0.137. The number of carbonyl (C=O) groups is 2. The summed E-state index contributed by atoms with van der Waals surface area (Å²) in [6, 6.07) is 10.3.